The van der Waals surface area contributed by atoms with Gasteiger partial charge in [-0.15, -0.1) is 0 Å². The molecule has 2 atom stereocenters. The second kappa shape index (κ2) is 6.27. The Hall–Kier alpha value is -1.87. The van der Waals surface area contributed by atoms with Gasteiger partial charge >= 0.3 is 0 Å². The fourth-order valence-electron chi connectivity index (χ4n) is 2.89. The van der Waals surface area contributed by atoms with E-state index in [9.17, 15) is 0 Å². The van der Waals surface area contributed by atoms with Crippen molar-refractivity contribution in [2.45, 2.75) is 25.9 Å². The third-order valence-electron chi connectivity index (χ3n) is 4.01. The van der Waals surface area contributed by atoms with E-state index in [0.29, 0.717) is 5.92 Å². The fourth-order valence-corrected chi connectivity index (χ4v) is 2.89. The average Bonchev–Trinajstić information content (AvgIpc) is 2.96. The quantitative estimate of drug-likeness (QED) is 0.857. The molecule has 1 aliphatic rings. The number of aromatic nitrogens is 1. The maximum atomic E-state index is 5.96. The summed E-state index contributed by atoms with van der Waals surface area (Å²) in [5.41, 5.74) is 3.48. The van der Waals surface area contributed by atoms with Gasteiger partial charge in [0, 0.05) is 11.4 Å². The molecule has 3 heteroatoms. The van der Waals surface area contributed by atoms with E-state index in [-0.39, 0.29) is 6.10 Å². The van der Waals surface area contributed by atoms with Crippen molar-refractivity contribution in [3.63, 3.8) is 0 Å². The second-order valence-corrected chi connectivity index (χ2v) is 5.67. The molecule has 0 bridgehead atoms. The summed E-state index contributed by atoms with van der Waals surface area (Å²) in [6.45, 7) is 2.85. The normalized spacial score (nSPS) is 21.4. The second-order valence-electron chi connectivity index (χ2n) is 5.67. The van der Waals surface area contributed by atoms with E-state index in [0.717, 1.165) is 30.9 Å². The average molecular weight is 283 g/mol. The number of pyridine rings is 1. The first-order valence-corrected chi connectivity index (χ1v) is 7.42. The van der Waals surface area contributed by atoms with Crippen molar-refractivity contribution in [2.75, 3.05) is 13.7 Å². The molecule has 21 heavy (non-hydrogen) atoms. The molecule has 1 saturated heterocycles. The maximum Gasteiger partial charge on any atom is 0.118 e. The summed E-state index contributed by atoms with van der Waals surface area (Å²) in [5, 5.41) is 0. The van der Waals surface area contributed by atoms with Crippen molar-refractivity contribution in [3.8, 4) is 5.75 Å². The number of ether oxygens (including phenoxy) is 2. The summed E-state index contributed by atoms with van der Waals surface area (Å²) < 4.78 is 11.2. The number of benzene rings is 1. The zero-order valence-corrected chi connectivity index (χ0v) is 12.6. The Morgan fingerprint density at radius 1 is 1.19 bits per heavy atom. The van der Waals surface area contributed by atoms with Gasteiger partial charge in [-0.25, -0.2) is 0 Å². The van der Waals surface area contributed by atoms with Crippen LogP contribution < -0.4 is 4.74 Å². The molecule has 110 valence electrons. The summed E-state index contributed by atoms with van der Waals surface area (Å²) in [7, 11) is 1.69. The Morgan fingerprint density at radius 3 is 2.71 bits per heavy atom. The third-order valence-corrected chi connectivity index (χ3v) is 4.01. The maximum absolute atomic E-state index is 5.96. The SMILES string of the molecule is COc1ccc([C@@H]2C[C@@H](Cc3cccc(C)n3)CO2)cc1. The van der Waals surface area contributed by atoms with Gasteiger partial charge in [0.1, 0.15) is 5.75 Å². The molecule has 0 saturated carbocycles. The molecule has 1 aromatic carbocycles. The third kappa shape index (κ3) is 3.42. The molecule has 2 heterocycles. The highest BCUT2D eigenvalue weighted by Gasteiger charge is 2.27. The molecule has 0 radical (unpaired) electrons. The molecule has 1 aromatic heterocycles. The first kappa shape index (κ1) is 14.1. The first-order valence-electron chi connectivity index (χ1n) is 7.42. The summed E-state index contributed by atoms with van der Waals surface area (Å²) in [5.74, 6) is 1.43. The van der Waals surface area contributed by atoms with Crippen LogP contribution in [0.2, 0.25) is 0 Å². The van der Waals surface area contributed by atoms with Gasteiger partial charge in [0.2, 0.25) is 0 Å². The minimum Gasteiger partial charge on any atom is -0.497 e. The van der Waals surface area contributed by atoms with E-state index in [1.807, 2.05) is 25.1 Å². The van der Waals surface area contributed by atoms with Gasteiger partial charge in [0.15, 0.2) is 0 Å². The molecule has 0 aliphatic carbocycles. The smallest absolute Gasteiger partial charge is 0.118 e. The van der Waals surface area contributed by atoms with Crippen molar-refractivity contribution >= 4 is 0 Å². The Bertz CT molecular complexity index is 594. The number of hydrogen-bond donors (Lipinski definition) is 0. The predicted molar refractivity (Wildman–Crippen MR) is 82.5 cm³/mol. The van der Waals surface area contributed by atoms with E-state index < -0.39 is 0 Å². The highest BCUT2D eigenvalue weighted by molar-refractivity contribution is 5.29. The number of aryl methyl sites for hydroxylation is 1. The number of rotatable bonds is 4. The highest BCUT2D eigenvalue weighted by Crippen LogP contribution is 2.34. The van der Waals surface area contributed by atoms with Gasteiger partial charge in [-0.1, -0.05) is 18.2 Å². The lowest BCUT2D eigenvalue weighted by molar-refractivity contribution is 0.107. The van der Waals surface area contributed by atoms with Crippen LogP contribution in [0, 0.1) is 12.8 Å². The van der Waals surface area contributed by atoms with Crippen LogP contribution in [0.5, 0.6) is 5.75 Å². The van der Waals surface area contributed by atoms with Crippen LogP contribution >= 0.6 is 0 Å². The molecule has 1 fully saturated rings. The largest absolute Gasteiger partial charge is 0.497 e. The fraction of sp³-hybridized carbons (Fsp3) is 0.389. The summed E-state index contributed by atoms with van der Waals surface area (Å²) in [6, 6.07) is 14.4. The molecule has 2 aromatic rings. The molecular weight excluding hydrogens is 262 g/mol. The van der Waals surface area contributed by atoms with E-state index in [1.165, 1.54) is 11.3 Å². The summed E-state index contributed by atoms with van der Waals surface area (Å²) in [4.78, 5) is 4.59. The van der Waals surface area contributed by atoms with Gasteiger partial charge in [-0.2, -0.15) is 0 Å². The monoisotopic (exact) mass is 283 g/mol. The molecule has 0 spiro atoms. The van der Waals surface area contributed by atoms with Crippen LogP contribution in [-0.2, 0) is 11.2 Å². The number of nitrogens with zero attached hydrogens (tertiary/aromatic N) is 1. The molecule has 0 N–H and O–H groups in total. The predicted octanol–water partition coefficient (Wildman–Crippen LogP) is 3.72. The van der Waals surface area contributed by atoms with Gasteiger partial charge in [0.25, 0.3) is 0 Å². The van der Waals surface area contributed by atoms with E-state index in [2.05, 4.69) is 29.2 Å². The molecule has 3 rings (SSSR count). The van der Waals surface area contributed by atoms with Gasteiger partial charge in [-0.05, 0) is 55.5 Å². The van der Waals surface area contributed by atoms with Crippen LogP contribution in [0.15, 0.2) is 42.5 Å². The van der Waals surface area contributed by atoms with Crippen molar-refractivity contribution in [1.82, 2.24) is 4.98 Å². The van der Waals surface area contributed by atoms with Gasteiger partial charge in [-0.3, -0.25) is 4.98 Å². The number of methoxy groups -OCH3 is 1. The van der Waals surface area contributed by atoms with Crippen LogP contribution in [0.1, 0.15) is 29.5 Å². The zero-order valence-electron chi connectivity index (χ0n) is 12.6. The molecule has 0 unspecified atom stereocenters. The minimum atomic E-state index is 0.200. The topological polar surface area (TPSA) is 31.4 Å². The lowest BCUT2D eigenvalue weighted by atomic mass is 9.96. The van der Waals surface area contributed by atoms with Crippen LogP contribution in [0.4, 0.5) is 0 Å². The molecular formula is C18H21NO2. The van der Waals surface area contributed by atoms with Crippen LogP contribution in [0.3, 0.4) is 0 Å². The molecule has 1 aliphatic heterocycles. The first-order chi connectivity index (χ1) is 10.2. The minimum absolute atomic E-state index is 0.200. The Kier molecular flexibility index (Phi) is 4.20. The van der Waals surface area contributed by atoms with Crippen molar-refractivity contribution in [1.29, 1.82) is 0 Å². The van der Waals surface area contributed by atoms with Gasteiger partial charge < -0.3 is 9.47 Å². The lowest BCUT2D eigenvalue weighted by Gasteiger charge is -2.11. The van der Waals surface area contributed by atoms with Gasteiger partial charge in [0.05, 0.1) is 19.8 Å². The van der Waals surface area contributed by atoms with Crippen molar-refractivity contribution in [3.05, 3.63) is 59.4 Å². The van der Waals surface area contributed by atoms with E-state index >= 15 is 0 Å². The number of hydrogen-bond acceptors (Lipinski definition) is 3. The van der Waals surface area contributed by atoms with Crippen LogP contribution in [-0.4, -0.2) is 18.7 Å². The zero-order chi connectivity index (χ0) is 14.7. The Balaban J connectivity index is 1.62. The Morgan fingerprint density at radius 2 is 2.00 bits per heavy atom. The molecule has 3 nitrogen and oxygen atoms in total. The van der Waals surface area contributed by atoms with E-state index in [1.54, 1.807) is 7.11 Å². The highest BCUT2D eigenvalue weighted by atomic mass is 16.5. The summed E-state index contributed by atoms with van der Waals surface area (Å²) in [6.07, 6.45) is 2.25. The molecule has 0 amide bonds. The van der Waals surface area contributed by atoms with Crippen molar-refractivity contribution < 1.29 is 9.47 Å². The van der Waals surface area contributed by atoms with E-state index in [4.69, 9.17) is 9.47 Å². The lowest BCUT2D eigenvalue weighted by Crippen LogP contribution is -2.05. The van der Waals surface area contributed by atoms with Crippen LogP contribution in [0.25, 0.3) is 0 Å². The van der Waals surface area contributed by atoms with Crippen molar-refractivity contribution in [2.24, 2.45) is 5.92 Å². The Labute approximate surface area is 125 Å². The summed E-state index contributed by atoms with van der Waals surface area (Å²) >= 11 is 0. The standard InChI is InChI=1S/C18H21NO2/c1-13-4-3-5-16(19-13)10-14-11-18(21-12-14)15-6-8-17(20-2)9-7-15/h3-9,14,18H,10-12H2,1-2H3/t14-,18+/m1/s1.